The van der Waals surface area contributed by atoms with Crippen molar-refractivity contribution in [3.05, 3.63) is 40.3 Å². The summed E-state index contributed by atoms with van der Waals surface area (Å²) in [4.78, 5) is 10.9. The molecule has 1 saturated heterocycles. The fraction of sp³-hybridized carbons (Fsp3) is 0.476. The molecule has 1 fully saturated rings. The van der Waals surface area contributed by atoms with Crippen molar-refractivity contribution in [1.29, 1.82) is 0 Å². The van der Waals surface area contributed by atoms with E-state index in [1.165, 1.54) is 4.68 Å². The number of nitrogens with one attached hydrogen (secondary N) is 1. The summed E-state index contributed by atoms with van der Waals surface area (Å²) < 4.78 is 16.2. The first-order valence-corrected chi connectivity index (χ1v) is 10.9. The Kier molecular flexibility index (Phi) is 6.09. The van der Waals surface area contributed by atoms with Crippen LogP contribution in [0.25, 0.3) is 10.9 Å². The molecular weight excluding hydrogens is 442 g/mol. The summed E-state index contributed by atoms with van der Waals surface area (Å²) in [7, 11) is 1.92. The summed E-state index contributed by atoms with van der Waals surface area (Å²) in [5.41, 5.74) is 1.02. The van der Waals surface area contributed by atoms with Crippen LogP contribution in [0.3, 0.4) is 0 Å². The summed E-state index contributed by atoms with van der Waals surface area (Å²) >= 11 is 12.9. The third-order valence-electron chi connectivity index (χ3n) is 5.40. The van der Waals surface area contributed by atoms with Gasteiger partial charge in [-0.25, -0.2) is 19.0 Å². The second-order valence-corrected chi connectivity index (χ2v) is 9.51. The normalized spacial score (nSPS) is 20.4. The lowest BCUT2D eigenvalue weighted by atomic mass is 9.87. The van der Waals surface area contributed by atoms with E-state index in [0.717, 1.165) is 17.5 Å². The van der Waals surface area contributed by atoms with Gasteiger partial charge < -0.3 is 15.3 Å². The molecule has 166 valence electrons. The molecule has 0 aliphatic carbocycles. The van der Waals surface area contributed by atoms with Crippen molar-refractivity contribution in [2.24, 2.45) is 0 Å². The molecule has 3 aromatic rings. The van der Waals surface area contributed by atoms with Crippen LogP contribution in [0.5, 0.6) is 0 Å². The van der Waals surface area contributed by atoms with Crippen molar-refractivity contribution >= 4 is 45.7 Å². The Hall–Kier alpha value is -2.00. The van der Waals surface area contributed by atoms with E-state index in [-0.39, 0.29) is 12.5 Å². The SMILES string of the molecule is CN1CC[C@@H](c2cc3nc(Nc4cnn(CC(C)(C)O)c4Cl)ncc3cc2Cl)[C@H](F)C1. The minimum absolute atomic E-state index is 0.245. The maximum absolute atomic E-state index is 14.7. The summed E-state index contributed by atoms with van der Waals surface area (Å²) in [6, 6.07) is 3.64. The van der Waals surface area contributed by atoms with Crippen LogP contribution < -0.4 is 5.32 Å². The topological polar surface area (TPSA) is 79.1 Å². The second kappa shape index (κ2) is 8.50. The predicted molar refractivity (Wildman–Crippen MR) is 121 cm³/mol. The number of aliphatic hydroxyl groups is 1. The van der Waals surface area contributed by atoms with Gasteiger partial charge in [0.05, 0.1) is 29.5 Å². The second-order valence-electron chi connectivity index (χ2n) is 8.74. The number of hydrogen-bond acceptors (Lipinski definition) is 6. The first kappa shape index (κ1) is 22.2. The van der Waals surface area contributed by atoms with Crippen molar-refractivity contribution in [2.45, 2.75) is 44.5 Å². The van der Waals surface area contributed by atoms with E-state index < -0.39 is 11.8 Å². The molecule has 31 heavy (non-hydrogen) atoms. The van der Waals surface area contributed by atoms with Gasteiger partial charge in [0.2, 0.25) is 5.95 Å². The highest BCUT2D eigenvalue weighted by molar-refractivity contribution is 6.32. The molecule has 0 amide bonds. The van der Waals surface area contributed by atoms with E-state index in [2.05, 4.69) is 20.4 Å². The van der Waals surface area contributed by atoms with Crippen LogP contribution in [0.4, 0.5) is 16.0 Å². The van der Waals surface area contributed by atoms with E-state index in [1.807, 2.05) is 18.0 Å². The number of anilines is 2. The lowest BCUT2D eigenvalue weighted by molar-refractivity contribution is 0.0578. The highest BCUT2D eigenvalue weighted by atomic mass is 35.5. The predicted octanol–water partition coefficient (Wildman–Crippen LogP) is 4.40. The van der Waals surface area contributed by atoms with Gasteiger partial charge in [0.25, 0.3) is 0 Å². The number of likely N-dealkylation sites (tertiary alicyclic amines) is 1. The smallest absolute Gasteiger partial charge is 0.227 e. The number of benzene rings is 1. The molecule has 3 heterocycles. The Morgan fingerprint density at radius 1 is 1.29 bits per heavy atom. The molecule has 0 bridgehead atoms. The van der Waals surface area contributed by atoms with Gasteiger partial charge in [-0.3, -0.25) is 0 Å². The zero-order valence-electron chi connectivity index (χ0n) is 17.6. The van der Waals surface area contributed by atoms with Gasteiger partial charge in [0.15, 0.2) is 5.15 Å². The molecule has 2 atom stereocenters. The van der Waals surface area contributed by atoms with E-state index in [0.29, 0.717) is 40.3 Å². The molecule has 2 aromatic heterocycles. The maximum atomic E-state index is 14.7. The average Bonchev–Trinajstić information content (AvgIpc) is 3.00. The molecule has 0 unspecified atom stereocenters. The largest absolute Gasteiger partial charge is 0.389 e. The van der Waals surface area contributed by atoms with Crippen LogP contribution in [0.2, 0.25) is 10.2 Å². The number of rotatable bonds is 5. The van der Waals surface area contributed by atoms with Crippen LogP contribution in [0.1, 0.15) is 31.7 Å². The van der Waals surface area contributed by atoms with Gasteiger partial charge in [-0.15, -0.1) is 0 Å². The molecular formula is C21H25Cl2FN6O. The van der Waals surface area contributed by atoms with Crippen LogP contribution in [0.15, 0.2) is 24.5 Å². The van der Waals surface area contributed by atoms with Gasteiger partial charge in [0.1, 0.15) is 6.17 Å². The quantitative estimate of drug-likeness (QED) is 0.579. The van der Waals surface area contributed by atoms with Crippen LogP contribution >= 0.6 is 23.2 Å². The van der Waals surface area contributed by atoms with E-state index in [1.54, 1.807) is 32.3 Å². The number of hydrogen-bond donors (Lipinski definition) is 2. The number of fused-ring (bicyclic) bond motifs is 1. The summed E-state index contributed by atoms with van der Waals surface area (Å²) in [6.07, 6.45) is 2.95. The minimum Gasteiger partial charge on any atom is -0.389 e. The molecule has 2 N–H and O–H groups in total. The Balaban J connectivity index is 1.61. The van der Waals surface area contributed by atoms with E-state index in [4.69, 9.17) is 23.2 Å². The Morgan fingerprint density at radius 2 is 2.06 bits per heavy atom. The Morgan fingerprint density at radius 3 is 2.77 bits per heavy atom. The van der Waals surface area contributed by atoms with Crippen LogP contribution in [0, 0.1) is 0 Å². The number of aromatic nitrogens is 4. The first-order chi connectivity index (χ1) is 14.6. The highest BCUT2D eigenvalue weighted by Gasteiger charge is 2.30. The molecule has 0 radical (unpaired) electrons. The van der Waals surface area contributed by atoms with Crippen molar-refractivity contribution < 1.29 is 9.50 Å². The standard InChI is InChI=1S/C21H25Cl2FN6O/c1-21(2,31)11-30-19(23)18(9-26-30)28-20-25-8-12-6-15(22)14(7-17(12)27-20)13-4-5-29(3)10-16(13)24/h6-9,13,16,31H,4-5,10-11H2,1-3H3,(H,25,27,28)/t13-,16+/m0/s1. The molecule has 0 spiro atoms. The fourth-order valence-electron chi connectivity index (χ4n) is 3.87. The molecule has 1 aromatic carbocycles. The van der Waals surface area contributed by atoms with Crippen molar-refractivity contribution in [3.8, 4) is 0 Å². The minimum atomic E-state index is -0.978. The van der Waals surface area contributed by atoms with Crippen LogP contribution in [-0.4, -0.2) is 61.7 Å². The summed E-state index contributed by atoms with van der Waals surface area (Å²) in [5, 5.41) is 18.9. The van der Waals surface area contributed by atoms with Gasteiger partial charge in [-0.1, -0.05) is 23.2 Å². The maximum Gasteiger partial charge on any atom is 0.227 e. The molecule has 10 heteroatoms. The fourth-order valence-corrected chi connectivity index (χ4v) is 4.38. The van der Waals surface area contributed by atoms with E-state index in [9.17, 15) is 9.50 Å². The summed E-state index contributed by atoms with van der Waals surface area (Å²) in [6.45, 7) is 4.82. The zero-order chi connectivity index (χ0) is 22.3. The van der Waals surface area contributed by atoms with E-state index >= 15 is 0 Å². The number of nitrogens with zero attached hydrogens (tertiary/aromatic N) is 5. The van der Waals surface area contributed by atoms with Gasteiger partial charge in [-0.2, -0.15) is 5.10 Å². The zero-order valence-corrected chi connectivity index (χ0v) is 19.1. The van der Waals surface area contributed by atoms with Gasteiger partial charge >= 0.3 is 0 Å². The Labute approximate surface area is 190 Å². The van der Waals surface area contributed by atoms with Crippen molar-refractivity contribution in [1.82, 2.24) is 24.6 Å². The Bertz CT molecular complexity index is 1100. The molecule has 7 nitrogen and oxygen atoms in total. The third-order valence-corrected chi connectivity index (χ3v) is 6.13. The van der Waals surface area contributed by atoms with Gasteiger partial charge in [-0.05, 0) is 51.6 Å². The lowest BCUT2D eigenvalue weighted by Crippen LogP contribution is -2.38. The molecule has 4 rings (SSSR count). The highest BCUT2D eigenvalue weighted by Crippen LogP contribution is 2.36. The van der Waals surface area contributed by atoms with Crippen molar-refractivity contribution in [2.75, 3.05) is 25.5 Å². The molecule has 0 saturated carbocycles. The van der Waals surface area contributed by atoms with Crippen LogP contribution in [-0.2, 0) is 6.54 Å². The van der Waals surface area contributed by atoms with Crippen molar-refractivity contribution in [3.63, 3.8) is 0 Å². The number of piperidine rings is 1. The molecule has 1 aliphatic rings. The lowest BCUT2D eigenvalue weighted by Gasteiger charge is -2.33. The molecule has 1 aliphatic heterocycles. The first-order valence-electron chi connectivity index (χ1n) is 10.1. The third kappa shape index (κ3) is 4.92. The monoisotopic (exact) mass is 466 g/mol. The summed E-state index contributed by atoms with van der Waals surface area (Å²) in [5.74, 6) is 0.0830. The number of halogens is 3. The number of alkyl halides is 1. The van der Waals surface area contributed by atoms with Gasteiger partial charge in [0, 0.05) is 29.1 Å². The average molecular weight is 467 g/mol.